The first-order chi connectivity index (χ1) is 15.4. The molecule has 0 saturated heterocycles. The van der Waals surface area contributed by atoms with E-state index in [1.54, 1.807) is 24.3 Å². The van der Waals surface area contributed by atoms with E-state index in [-0.39, 0.29) is 22.6 Å². The minimum Gasteiger partial charge on any atom is -0.451 e. The lowest BCUT2D eigenvalue weighted by atomic mass is 9.74. The van der Waals surface area contributed by atoms with Gasteiger partial charge in [-0.25, -0.2) is 0 Å². The Balaban J connectivity index is 1.45. The molecule has 0 saturated carbocycles. The van der Waals surface area contributed by atoms with Crippen LogP contribution in [0.2, 0.25) is 0 Å². The highest BCUT2D eigenvalue weighted by atomic mass is 16.3. The maximum absolute atomic E-state index is 13.1. The summed E-state index contributed by atoms with van der Waals surface area (Å²) in [5, 5.41) is 8.19. The van der Waals surface area contributed by atoms with Gasteiger partial charge in [-0.2, -0.15) is 5.10 Å². The van der Waals surface area contributed by atoms with Gasteiger partial charge in [0.05, 0.1) is 24.2 Å². The Labute approximate surface area is 185 Å². The van der Waals surface area contributed by atoms with E-state index >= 15 is 0 Å². The van der Waals surface area contributed by atoms with Gasteiger partial charge >= 0.3 is 0 Å². The van der Waals surface area contributed by atoms with Gasteiger partial charge in [-0.05, 0) is 36.0 Å². The average Bonchev–Trinajstić information content (AvgIpc) is 3.16. The molecule has 0 radical (unpaired) electrons. The first kappa shape index (κ1) is 20.2. The zero-order valence-electron chi connectivity index (χ0n) is 18.2. The van der Waals surface area contributed by atoms with Gasteiger partial charge in [0, 0.05) is 17.3 Å². The Morgan fingerprint density at radius 2 is 1.91 bits per heavy atom. The lowest BCUT2D eigenvalue weighted by Crippen LogP contribution is -2.37. The van der Waals surface area contributed by atoms with Crippen molar-refractivity contribution in [2.75, 3.05) is 0 Å². The number of hydrogen-bond donors (Lipinski definition) is 1. The van der Waals surface area contributed by atoms with E-state index in [4.69, 9.17) is 4.42 Å². The lowest BCUT2D eigenvalue weighted by molar-refractivity contribution is 0.0891. The number of nitrogens with zero attached hydrogens (tertiary/aromatic N) is 2. The summed E-state index contributed by atoms with van der Waals surface area (Å²) in [7, 11) is 0. The lowest BCUT2D eigenvalue weighted by Gasteiger charge is -2.36. The number of carbonyl (C=O) groups is 1. The summed E-state index contributed by atoms with van der Waals surface area (Å²) in [5.74, 6) is -0.368. The molecule has 5 rings (SSSR count). The molecule has 162 valence electrons. The Morgan fingerprint density at radius 3 is 2.72 bits per heavy atom. The van der Waals surface area contributed by atoms with Gasteiger partial charge < -0.3 is 9.73 Å². The second-order valence-electron chi connectivity index (χ2n) is 9.23. The van der Waals surface area contributed by atoms with E-state index in [2.05, 4.69) is 36.4 Å². The number of aromatic nitrogens is 2. The van der Waals surface area contributed by atoms with Crippen molar-refractivity contribution >= 4 is 16.9 Å². The molecular formula is C26H25N3O3. The zero-order chi connectivity index (χ0) is 22.3. The smallest absolute Gasteiger partial charge is 0.287 e. The van der Waals surface area contributed by atoms with Crippen molar-refractivity contribution in [3.8, 4) is 0 Å². The van der Waals surface area contributed by atoms with Crippen molar-refractivity contribution in [2.24, 2.45) is 5.41 Å². The zero-order valence-corrected chi connectivity index (χ0v) is 18.2. The fourth-order valence-electron chi connectivity index (χ4n) is 4.56. The summed E-state index contributed by atoms with van der Waals surface area (Å²) in [6.45, 7) is 5.09. The summed E-state index contributed by atoms with van der Waals surface area (Å²) < 4.78 is 7.77. The minimum atomic E-state index is -0.391. The Morgan fingerprint density at radius 1 is 1.16 bits per heavy atom. The number of nitrogens with one attached hydrogen (secondary N) is 1. The van der Waals surface area contributed by atoms with E-state index in [0.717, 1.165) is 24.1 Å². The maximum atomic E-state index is 13.1. The van der Waals surface area contributed by atoms with Crippen molar-refractivity contribution in [1.82, 2.24) is 15.1 Å². The van der Waals surface area contributed by atoms with Crippen molar-refractivity contribution < 1.29 is 9.21 Å². The predicted molar refractivity (Wildman–Crippen MR) is 123 cm³/mol. The van der Waals surface area contributed by atoms with Gasteiger partial charge in [0.1, 0.15) is 5.58 Å². The largest absolute Gasteiger partial charge is 0.451 e. The molecule has 2 aromatic carbocycles. The van der Waals surface area contributed by atoms with Crippen LogP contribution in [-0.4, -0.2) is 15.7 Å². The van der Waals surface area contributed by atoms with Crippen LogP contribution in [0.3, 0.4) is 0 Å². The van der Waals surface area contributed by atoms with Gasteiger partial charge in [-0.1, -0.05) is 56.3 Å². The van der Waals surface area contributed by atoms with Crippen LogP contribution in [0.5, 0.6) is 0 Å². The molecular weight excluding hydrogens is 402 g/mol. The van der Waals surface area contributed by atoms with E-state index in [9.17, 15) is 9.59 Å². The monoisotopic (exact) mass is 427 g/mol. The van der Waals surface area contributed by atoms with Crippen LogP contribution in [0.1, 0.15) is 53.7 Å². The standard InChI is InChI=1S/C26H25N3O3/c1-26(2)13-20(19-15-27-29(21(19)14-26)16-17-8-4-3-5-9-17)28-25(31)24-12-22(30)18-10-6-7-11-23(18)32-24/h3-12,15,20H,13-14,16H2,1-2H3,(H,28,31). The second-order valence-corrected chi connectivity index (χ2v) is 9.23. The number of rotatable bonds is 4. The normalized spacial score (nSPS) is 17.1. The Hall–Kier alpha value is -3.67. The Bertz CT molecular complexity index is 1350. The average molecular weight is 428 g/mol. The molecule has 2 aromatic heterocycles. The second kappa shape index (κ2) is 7.79. The first-order valence-corrected chi connectivity index (χ1v) is 10.8. The number of amides is 1. The van der Waals surface area contributed by atoms with Crippen molar-refractivity contribution in [1.29, 1.82) is 0 Å². The highest BCUT2D eigenvalue weighted by Crippen LogP contribution is 2.41. The molecule has 4 aromatic rings. The topological polar surface area (TPSA) is 77.1 Å². The number of hydrogen-bond acceptors (Lipinski definition) is 4. The molecule has 32 heavy (non-hydrogen) atoms. The van der Waals surface area contributed by atoms with E-state index in [0.29, 0.717) is 17.5 Å². The number of fused-ring (bicyclic) bond motifs is 2. The highest BCUT2D eigenvalue weighted by molar-refractivity contribution is 5.93. The van der Waals surface area contributed by atoms with Crippen molar-refractivity contribution in [3.05, 3.63) is 99.7 Å². The molecule has 0 bridgehead atoms. The third-order valence-electron chi connectivity index (χ3n) is 6.10. The summed E-state index contributed by atoms with van der Waals surface area (Å²) in [6.07, 6.45) is 3.52. The van der Waals surface area contributed by atoms with Crippen LogP contribution in [0.25, 0.3) is 11.0 Å². The van der Waals surface area contributed by atoms with Crippen LogP contribution in [0, 0.1) is 5.41 Å². The fourth-order valence-corrected chi connectivity index (χ4v) is 4.56. The van der Waals surface area contributed by atoms with Gasteiger partial charge in [-0.3, -0.25) is 14.3 Å². The van der Waals surface area contributed by atoms with Gasteiger partial charge in [0.2, 0.25) is 0 Å². The first-order valence-electron chi connectivity index (χ1n) is 10.8. The number of benzene rings is 2. The molecule has 1 N–H and O–H groups in total. The molecule has 6 nitrogen and oxygen atoms in total. The number of para-hydroxylation sites is 1. The van der Waals surface area contributed by atoms with Crippen LogP contribution in [-0.2, 0) is 13.0 Å². The molecule has 1 aliphatic rings. The maximum Gasteiger partial charge on any atom is 0.287 e. The molecule has 1 amide bonds. The quantitative estimate of drug-likeness (QED) is 0.521. The van der Waals surface area contributed by atoms with E-state index in [1.165, 1.54) is 11.6 Å². The molecule has 0 aliphatic heterocycles. The van der Waals surface area contributed by atoms with E-state index in [1.807, 2.05) is 29.1 Å². The molecule has 1 unspecified atom stereocenters. The molecule has 1 aliphatic carbocycles. The third-order valence-corrected chi connectivity index (χ3v) is 6.10. The summed E-state index contributed by atoms with van der Waals surface area (Å²) in [5.41, 5.74) is 3.51. The van der Waals surface area contributed by atoms with Crippen molar-refractivity contribution in [3.63, 3.8) is 0 Å². The van der Waals surface area contributed by atoms with E-state index < -0.39 is 5.91 Å². The van der Waals surface area contributed by atoms with Crippen LogP contribution in [0.4, 0.5) is 0 Å². The molecule has 0 fully saturated rings. The van der Waals surface area contributed by atoms with Crippen molar-refractivity contribution in [2.45, 2.75) is 39.3 Å². The predicted octanol–water partition coefficient (Wildman–Crippen LogP) is 4.48. The molecule has 0 spiro atoms. The van der Waals surface area contributed by atoms with Gasteiger partial charge in [0.25, 0.3) is 5.91 Å². The summed E-state index contributed by atoms with van der Waals surface area (Å²) in [4.78, 5) is 25.5. The molecule has 6 heteroatoms. The minimum absolute atomic E-state index is 0.0103. The third kappa shape index (κ3) is 3.84. The van der Waals surface area contributed by atoms with Crippen LogP contribution in [0.15, 0.2) is 76.1 Å². The van der Waals surface area contributed by atoms with Crippen LogP contribution >= 0.6 is 0 Å². The number of carbonyl (C=O) groups excluding carboxylic acids is 1. The highest BCUT2D eigenvalue weighted by Gasteiger charge is 2.36. The Kier molecular flexibility index (Phi) is 4.93. The summed E-state index contributed by atoms with van der Waals surface area (Å²) in [6, 6.07) is 18.2. The fraction of sp³-hybridized carbons (Fsp3) is 0.269. The molecule has 1 atom stereocenters. The summed E-state index contributed by atoms with van der Waals surface area (Å²) >= 11 is 0. The SMILES string of the molecule is CC1(C)Cc2c(cnn2Cc2ccccc2)C(NC(=O)c2cc(=O)c3ccccc3o2)C1. The van der Waals surface area contributed by atoms with Gasteiger partial charge in [0.15, 0.2) is 11.2 Å². The molecule has 2 heterocycles. The van der Waals surface area contributed by atoms with Gasteiger partial charge in [-0.15, -0.1) is 0 Å². The van der Waals surface area contributed by atoms with Crippen LogP contribution < -0.4 is 10.7 Å².